The largest absolute Gasteiger partial charge is 0.348 e. The average Bonchev–Trinajstić information content (AvgIpc) is 2.79. The molecule has 0 radical (unpaired) electrons. The molecule has 0 bridgehead atoms. The summed E-state index contributed by atoms with van der Waals surface area (Å²) in [5.74, 6) is 1.24. The Balaban J connectivity index is 1.61. The minimum atomic E-state index is -0.191. The number of nitrogens with one attached hydrogen (secondary N) is 1. The van der Waals surface area contributed by atoms with Gasteiger partial charge >= 0.3 is 5.69 Å². The maximum absolute atomic E-state index is 12.5. The van der Waals surface area contributed by atoms with Crippen molar-refractivity contribution >= 4 is 5.91 Å². The molecule has 3 rings (SSSR count). The molecule has 6 heteroatoms. The molecular formula is C21H30N4O2. The van der Waals surface area contributed by atoms with Crippen molar-refractivity contribution in [2.24, 2.45) is 5.92 Å². The van der Waals surface area contributed by atoms with Gasteiger partial charge in [0.1, 0.15) is 12.4 Å². The molecule has 1 N–H and O–H groups in total. The van der Waals surface area contributed by atoms with Crippen molar-refractivity contribution in [3.63, 3.8) is 0 Å². The number of aryl methyl sites for hydroxylation is 1. The van der Waals surface area contributed by atoms with Gasteiger partial charge in [-0.2, -0.15) is 5.10 Å². The lowest BCUT2D eigenvalue weighted by Gasteiger charge is -2.15. The zero-order valence-electron chi connectivity index (χ0n) is 16.6. The highest BCUT2D eigenvalue weighted by molar-refractivity contribution is 5.76. The molecule has 0 saturated carbocycles. The van der Waals surface area contributed by atoms with Crippen LogP contribution in [0.4, 0.5) is 0 Å². The molecule has 0 aliphatic carbocycles. The summed E-state index contributed by atoms with van der Waals surface area (Å²) in [6.45, 7) is 7.03. The Morgan fingerprint density at radius 3 is 2.59 bits per heavy atom. The van der Waals surface area contributed by atoms with Crippen LogP contribution < -0.4 is 11.0 Å². The highest BCUT2D eigenvalue weighted by Gasteiger charge is 2.18. The van der Waals surface area contributed by atoms with E-state index in [0.717, 1.165) is 43.5 Å². The third-order valence-electron chi connectivity index (χ3n) is 5.08. The molecular weight excluding hydrogens is 340 g/mol. The van der Waals surface area contributed by atoms with Crippen molar-refractivity contribution in [3.8, 4) is 0 Å². The number of aromatic nitrogens is 3. The number of amides is 1. The number of carbonyl (C=O) groups excluding carboxylic acids is 1. The van der Waals surface area contributed by atoms with Gasteiger partial charge in [-0.3, -0.25) is 9.36 Å². The number of carbonyl (C=O) groups is 1. The van der Waals surface area contributed by atoms with E-state index in [1.165, 1.54) is 10.2 Å². The number of nitrogens with zero attached hydrogens (tertiary/aromatic N) is 3. The van der Waals surface area contributed by atoms with Gasteiger partial charge in [0.25, 0.3) is 0 Å². The summed E-state index contributed by atoms with van der Waals surface area (Å²) in [6.07, 6.45) is 5.02. The molecule has 0 saturated heterocycles. The molecule has 6 nitrogen and oxygen atoms in total. The van der Waals surface area contributed by atoms with Gasteiger partial charge in [0.05, 0.1) is 6.04 Å². The van der Waals surface area contributed by atoms with E-state index in [1.807, 2.05) is 6.92 Å². The summed E-state index contributed by atoms with van der Waals surface area (Å²) in [5.41, 5.74) is 2.19. The van der Waals surface area contributed by atoms with E-state index in [0.29, 0.717) is 12.5 Å². The number of fused-ring (bicyclic) bond motifs is 1. The van der Waals surface area contributed by atoms with E-state index in [2.05, 4.69) is 48.5 Å². The van der Waals surface area contributed by atoms with Crippen molar-refractivity contribution in [1.29, 1.82) is 0 Å². The van der Waals surface area contributed by atoms with E-state index >= 15 is 0 Å². The lowest BCUT2D eigenvalue weighted by atomic mass is 10.00. The number of hydrogen-bond acceptors (Lipinski definition) is 3. The highest BCUT2D eigenvalue weighted by Crippen LogP contribution is 2.15. The Kier molecular flexibility index (Phi) is 6.14. The quantitative estimate of drug-likeness (QED) is 0.850. The van der Waals surface area contributed by atoms with Gasteiger partial charge in [0.2, 0.25) is 5.91 Å². The van der Waals surface area contributed by atoms with Crippen molar-refractivity contribution in [2.45, 2.75) is 72.0 Å². The predicted molar refractivity (Wildman–Crippen MR) is 106 cm³/mol. The van der Waals surface area contributed by atoms with E-state index in [4.69, 9.17) is 0 Å². The zero-order valence-corrected chi connectivity index (χ0v) is 16.6. The second kappa shape index (κ2) is 8.55. The molecule has 1 aliphatic heterocycles. The highest BCUT2D eigenvalue weighted by atomic mass is 16.2. The Morgan fingerprint density at radius 1 is 1.15 bits per heavy atom. The van der Waals surface area contributed by atoms with Gasteiger partial charge in [-0.1, -0.05) is 44.5 Å². The van der Waals surface area contributed by atoms with E-state index in [1.54, 1.807) is 4.57 Å². The first-order valence-corrected chi connectivity index (χ1v) is 9.98. The van der Waals surface area contributed by atoms with Crippen molar-refractivity contribution in [1.82, 2.24) is 19.7 Å². The van der Waals surface area contributed by atoms with Crippen LogP contribution in [-0.2, 0) is 30.7 Å². The van der Waals surface area contributed by atoms with Crippen LogP contribution in [0.1, 0.15) is 63.0 Å². The topological polar surface area (TPSA) is 68.9 Å². The summed E-state index contributed by atoms with van der Waals surface area (Å²) in [5, 5.41) is 7.35. The third kappa shape index (κ3) is 4.87. The second-order valence-electron chi connectivity index (χ2n) is 7.95. The summed E-state index contributed by atoms with van der Waals surface area (Å²) < 4.78 is 3.02. The fraction of sp³-hybridized carbons (Fsp3) is 0.571. The minimum Gasteiger partial charge on any atom is -0.348 e. The third-order valence-corrected chi connectivity index (χ3v) is 5.08. The standard InChI is InChI=1S/C21H30N4O2/c1-15(2)13-17-8-10-18(11-9-17)16(3)22-20(26)14-25-21(27)24-12-6-4-5-7-19(24)23-25/h8-11,15-16H,4-7,12-14H2,1-3H3,(H,22,26)/t16-/m1/s1. The molecule has 1 atom stereocenters. The molecule has 27 heavy (non-hydrogen) atoms. The van der Waals surface area contributed by atoms with E-state index < -0.39 is 0 Å². The number of hydrogen-bond donors (Lipinski definition) is 1. The summed E-state index contributed by atoms with van der Waals surface area (Å²) in [7, 11) is 0. The van der Waals surface area contributed by atoms with Crippen LogP contribution in [0.2, 0.25) is 0 Å². The monoisotopic (exact) mass is 370 g/mol. The fourth-order valence-corrected chi connectivity index (χ4v) is 3.65. The van der Waals surface area contributed by atoms with Gasteiger partial charge in [-0.05, 0) is 43.2 Å². The van der Waals surface area contributed by atoms with Crippen molar-refractivity contribution < 1.29 is 4.79 Å². The first kappa shape index (κ1) is 19.4. The molecule has 0 spiro atoms. The van der Waals surface area contributed by atoms with Crippen LogP contribution in [-0.4, -0.2) is 20.3 Å². The van der Waals surface area contributed by atoms with E-state index in [-0.39, 0.29) is 24.2 Å². The van der Waals surface area contributed by atoms with Gasteiger partial charge in [0, 0.05) is 13.0 Å². The van der Waals surface area contributed by atoms with Crippen molar-refractivity contribution in [2.75, 3.05) is 0 Å². The van der Waals surface area contributed by atoms with Gasteiger partial charge in [-0.15, -0.1) is 0 Å². The molecule has 146 valence electrons. The first-order chi connectivity index (χ1) is 12.9. The molecule has 1 aliphatic rings. The maximum Gasteiger partial charge on any atom is 0.346 e. The Hall–Kier alpha value is -2.37. The molecule has 0 unspecified atom stereocenters. The lowest BCUT2D eigenvalue weighted by molar-refractivity contribution is -0.122. The number of rotatable bonds is 6. The molecule has 1 aromatic heterocycles. The van der Waals surface area contributed by atoms with Crippen LogP contribution in [0.15, 0.2) is 29.1 Å². The van der Waals surface area contributed by atoms with Crippen LogP contribution in [0.5, 0.6) is 0 Å². The summed E-state index contributed by atoms with van der Waals surface area (Å²) in [4.78, 5) is 24.9. The Morgan fingerprint density at radius 2 is 1.89 bits per heavy atom. The van der Waals surface area contributed by atoms with Gasteiger partial charge in [-0.25, -0.2) is 9.48 Å². The van der Waals surface area contributed by atoms with Crippen LogP contribution in [0.25, 0.3) is 0 Å². The van der Waals surface area contributed by atoms with Crippen LogP contribution >= 0.6 is 0 Å². The first-order valence-electron chi connectivity index (χ1n) is 9.98. The van der Waals surface area contributed by atoms with Crippen molar-refractivity contribution in [3.05, 3.63) is 51.7 Å². The van der Waals surface area contributed by atoms with Gasteiger partial charge < -0.3 is 5.32 Å². The molecule has 2 heterocycles. The second-order valence-corrected chi connectivity index (χ2v) is 7.95. The molecule has 0 fully saturated rings. The predicted octanol–water partition coefficient (Wildman–Crippen LogP) is 2.85. The zero-order chi connectivity index (χ0) is 19.4. The molecule has 2 aromatic rings. The normalized spacial score (nSPS) is 15.3. The molecule has 1 amide bonds. The lowest BCUT2D eigenvalue weighted by Crippen LogP contribution is -2.35. The van der Waals surface area contributed by atoms with Gasteiger partial charge in [0.15, 0.2) is 0 Å². The Bertz CT molecular complexity index is 833. The average molecular weight is 370 g/mol. The summed E-state index contributed by atoms with van der Waals surface area (Å²) in [6, 6.07) is 8.26. The van der Waals surface area contributed by atoms with E-state index in [9.17, 15) is 9.59 Å². The minimum absolute atomic E-state index is 0.0331. The fourth-order valence-electron chi connectivity index (χ4n) is 3.65. The summed E-state index contributed by atoms with van der Waals surface area (Å²) >= 11 is 0. The SMILES string of the molecule is CC(C)Cc1ccc([C@@H](C)NC(=O)Cn2nc3n(c2=O)CCCCC3)cc1. The molecule has 1 aromatic carbocycles. The number of benzene rings is 1. The Labute approximate surface area is 160 Å². The smallest absolute Gasteiger partial charge is 0.346 e. The maximum atomic E-state index is 12.5. The van der Waals surface area contributed by atoms with Crippen LogP contribution in [0, 0.1) is 5.92 Å². The van der Waals surface area contributed by atoms with Crippen LogP contribution in [0.3, 0.4) is 0 Å².